The van der Waals surface area contributed by atoms with Crippen LogP contribution in [0.4, 0.5) is 0 Å². The van der Waals surface area contributed by atoms with Gasteiger partial charge in [-0.25, -0.2) is 4.99 Å². The van der Waals surface area contributed by atoms with Crippen LogP contribution in [0, 0.1) is 6.92 Å². The average Bonchev–Trinajstić information content (AvgIpc) is 2.94. The van der Waals surface area contributed by atoms with E-state index in [-0.39, 0.29) is 11.9 Å². The molecule has 5 heteroatoms. The minimum absolute atomic E-state index is 0.187. The molecule has 0 saturated carbocycles. The fourth-order valence-electron chi connectivity index (χ4n) is 3.47. The van der Waals surface area contributed by atoms with E-state index in [0.29, 0.717) is 5.69 Å². The van der Waals surface area contributed by atoms with E-state index in [9.17, 15) is 4.79 Å². The molecule has 1 aromatic heterocycles. The standard InChI is InChI=1S/C22H20N4O/c1-15-7-5-8-16(13-15)17-9-6-10-18(14-17)22(19-11-3-4-12-24-19)20(27)26(2)21(23)25-22/h3-14H,1-2H3,(H2,23,25). The molecule has 2 aromatic carbocycles. The Morgan fingerprint density at radius 2 is 1.70 bits per heavy atom. The van der Waals surface area contributed by atoms with Crippen molar-refractivity contribution in [2.45, 2.75) is 12.5 Å². The highest BCUT2D eigenvalue weighted by Gasteiger charge is 2.50. The number of benzene rings is 2. The average molecular weight is 356 g/mol. The van der Waals surface area contributed by atoms with E-state index < -0.39 is 5.54 Å². The zero-order valence-corrected chi connectivity index (χ0v) is 15.3. The second-order valence-electron chi connectivity index (χ2n) is 6.71. The zero-order chi connectivity index (χ0) is 19.0. The number of pyridine rings is 1. The number of likely N-dealkylation sites (N-methyl/N-ethyl adjacent to an activating group) is 1. The van der Waals surface area contributed by atoms with Crippen molar-refractivity contribution < 1.29 is 4.79 Å². The lowest BCUT2D eigenvalue weighted by Gasteiger charge is -2.25. The summed E-state index contributed by atoms with van der Waals surface area (Å²) in [4.78, 5) is 23.6. The number of nitrogens with zero attached hydrogens (tertiary/aromatic N) is 3. The molecular weight excluding hydrogens is 336 g/mol. The van der Waals surface area contributed by atoms with E-state index >= 15 is 0 Å². The summed E-state index contributed by atoms with van der Waals surface area (Å²) in [5, 5.41) is 0. The first-order chi connectivity index (χ1) is 13.0. The molecule has 0 fully saturated rings. The fraction of sp³-hybridized carbons (Fsp3) is 0.136. The third kappa shape index (κ3) is 2.68. The van der Waals surface area contributed by atoms with Crippen molar-refractivity contribution in [1.82, 2.24) is 9.88 Å². The molecule has 1 aliphatic heterocycles. The largest absolute Gasteiger partial charge is 0.369 e. The molecule has 0 aliphatic carbocycles. The Morgan fingerprint density at radius 3 is 2.33 bits per heavy atom. The molecule has 3 aromatic rings. The van der Waals surface area contributed by atoms with E-state index in [2.05, 4.69) is 35.1 Å². The Labute approximate surface area is 158 Å². The predicted octanol–water partition coefficient (Wildman–Crippen LogP) is 3.09. The molecule has 0 bridgehead atoms. The van der Waals surface area contributed by atoms with Crippen molar-refractivity contribution in [2.24, 2.45) is 10.7 Å². The summed E-state index contributed by atoms with van der Waals surface area (Å²) in [5.74, 6) is -0.0216. The maximum Gasteiger partial charge on any atom is 0.267 e. The van der Waals surface area contributed by atoms with Gasteiger partial charge in [-0.2, -0.15) is 0 Å². The number of guanidine groups is 1. The molecule has 27 heavy (non-hydrogen) atoms. The van der Waals surface area contributed by atoms with Crippen molar-refractivity contribution >= 4 is 11.9 Å². The first-order valence-electron chi connectivity index (χ1n) is 8.75. The van der Waals surface area contributed by atoms with Gasteiger partial charge in [-0.3, -0.25) is 14.7 Å². The Hall–Kier alpha value is -3.47. The third-order valence-electron chi connectivity index (χ3n) is 4.91. The SMILES string of the molecule is Cc1cccc(-c2cccc(C3(c4ccccn4)N=C(N)N(C)C3=O)c2)c1. The van der Waals surface area contributed by atoms with Gasteiger partial charge in [0.1, 0.15) is 0 Å². The minimum atomic E-state index is -1.26. The summed E-state index contributed by atoms with van der Waals surface area (Å²) >= 11 is 0. The molecule has 1 amide bonds. The maximum atomic E-state index is 13.2. The first-order valence-corrected chi connectivity index (χ1v) is 8.75. The van der Waals surface area contributed by atoms with Gasteiger partial charge in [0.05, 0.1) is 5.69 Å². The molecule has 1 unspecified atom stereocenters. The zero-order valence-electron chi connectivity index (χ0n) is 15.3. The number of hydrogen-bond donors (Lipinski definition) is 1. The van der Waals surface area contributed by atoms with Crippen molar-refractivity contribution in [1.29, 1.82) is 0 Å². The molecule has 1 aliphatic rings. The van der Waals surface area contributed by atoms with Crippen LogP contribution in [0.15, 0.2) is 77.9 Å². The van der Waals surface area contributed by atoms with Crippen molar-refractivity contribution in [3.8, 4) is 11.1 Å². The van der Waals surface area contributed by atoms with Crippen LogP contribution in [0.25, 0.3) is 11.1 Å². The van der Waals surface area contributed by atoms with E-state index in [4.69, 9.17) is 5.73 Å². The smallest absolute Gasteiger partial charge is 0.267 e. The molecular formula is C22H20N4O. The maximum absolute atomic E-state index is 13.2. The molecule has 5 nitrogen and oxygen atoms in total. The monoisotopic (exact) mass is 356 g/mol. The van der Waals surface area contributed by atoms with Crippen molar-refractivity contribution in [3.05, 3.63) is 89.7 Å². The lowest BCUT2D eigenvalue weighted by atomic mass is 9.84. The van der Waals surface area contributed by atoms with Crippen LogP contribution in [-0.4, -0.2) is 28.8 Å². The minimum Gasteiger partial charge on any atom is -0.369 e. The summed E-state index contributed by atoms with van der Waals surface area (Å²) in [6.07, 6.45) is 1.67. The number of aryl methyl sites for hydroxylation is 1. The number of aliphatic imine (C=N–C) groups is 1. The molecule has 2 heterocycles. The number of aromatic nitrogens is 1. The van der Waals surface area contributed by atoms with E-state index in [1.807, 2.05) is 48.5 Å². The molecule has 4 rings (SSSR count). The highest BCUT2D eigenvalue weighted by atomic mass is 16.2. The summed E-state index contributed by atoms with van der Waals surface area (Å²) in [6, 6.07) is 21.6. The van der Waals surface area contributed by atoms with Crippen LogP contribution < -0.4 is 5.73 Å². The van der Waals surface area contributed by atoms with Crippen LogP contribution in [0.5, 0.6) is 0 Å². The van der Waals surface area contributed by atoms with Gasteiger partial charge >= 0.3 is 0 Å². The van der Waals surface area contributed by atoms with Crippen molar-refractivity contribution in [3.63, 3.8) is 0 Å². The topological polar surface area (TPSA) is 71.6 Å². The summed E-state index contributed by atoms with van der Waals surface area (Å²) < 4.78 is 0. The van der Waals surface area contributed by atoms with E-state index in [1.165, 1.54) is 10.5 Å². The lowest BCUT2D eigenvalue weighted by Crippen LogP contribution is -2.41. The predicted molar refractivity (Wildman–Crippen MR) is 106 cm³/mol. The van der Waals surface area contributed by atoms with Gasteiger partial charge < -0.3 is 5.73 Å². The van der Waals surface area contributed by atoms with Gasteiger partial charge in [-0.1, -0.05) is 54.1 Å². The number of amides is 1. The highest BCUT2D eigenvalue weighted by molar-refractivity contribution is 6.08. The second kappa shape index (κ2) is 6.36. The molecule has 1 atom stereocenters. The van der Waals surface area contributed by atoms with Crippen LogP contribution in [0.3, 0.4) is 0 Å². The number of hydrogen-bond acceptors (Lipinski definition) is 4. The van der Waals surface area contributed by atoms with Gasteiger partial charge in [-0.15, -0.1) is 0 Å². The lowest BCUT2D eigenvalue weighted by molar-refractivity contribution is -0.129. The normalized spacial score (nSPS) is 19.3. The summed E-state index contributed by atoms with van der Waals surface area (Å²) in [7, 11) is 1.64. The van der Waals surface area contributed by atoms with Crippen LogP contribution in [-0.2, 0) is 10.3 Å². The van der Waals surface area contributed by atoms with Crippen LogP contribution in [0.2, 0.25) is 0 Å². The Kier molecular flexibility index (Phi) is 4.00. The van der Waals surface area contributed by atoms with E-state index in [0.717, 1.165) is 16.7 Å². The first kappa shape index (κ1) is 17.0. The Balaban J connectivity index is 1.93. The van der Waals surface area contributed by atoms with E-state index in [1.54, 1.807) is 13.2 Å². The number of nitrogens with two attached hydrogens (primary N) is 1. The van der Waals surface area contributed by atoms with Crippen LogP contribution >= 0.6 is 0 Å². The number of rotatable bonds is 3. The summed E-state index contributed by atoms with van der Waals surface area (Å²) in [5.41, 5.74) is 9.34. The Bertz CT molecular complexity index is 1040. The second-order valence-corrected chi connectivity index (χ2v) is 6.71. The van der Waals surface area contributed by atoms with Gasteiger partial charge in [0, 0.05) is 13.2 Å². The fourth-order valence-corrected chi connectivity index (χ4v) is 3.47. The highest BCUT2D eigenvalue weighted by Crippen LogP contribution is 2.39. The molecule has 2 N–H and O–H groups in total. The molecule has 134 valence electrons. The van der Waals surface area contributed by atoms with Gasteiger partial charge in [0.15, 0.2) is 5.96 Å². The quantitative estimate of drug-likeness (QED) is 0.784. The molecule has 0 saturated heterocycles. The van der Waals surface area contributed by atoms with Gasteiger partial charge in [-0.05, 0) is 41.8 Å². The Morgan fingerprint density at radius 1 is 0.963 bits per heavy atom. The van der Waals surface area contributed by atoms with Gasteiger partial charge in [0.2, 0.25) is 5.54 Å². The summed E-state index contributed by atoms with van der Waals surface area (Å²) in [6.45, 7) is 2.06. The van der Waals surface area contributed by atoms with Crippen molar-refractivity contribution in [2.75, 3.05) is 7.05 Å². The third-order valence-corrected chi connectivity index (χ3v) is 4.91. The van der Waals surface area contributed by atoms with Crippen LogP contribution in [0.1, 0.15) is 16.8 Å². The van der Waals surface area contributed by atoms with Gasteiger partial charge in [0.25, 0.3) is 5.91 Å². The number of carbonyl (C=O) groups is 1. The molecule has 0 spiro atoms. The number of carbonyl (C=O) groups excluding carboxylic acids is 1. The molecule has 0 radical (unpaired) electrons.